The van der Waals surface area contributed by atoms with Gasteiger partial charge in [0.1, 0.15) is 0 Å². The van der Waals surface area contributed by atoms with Crippen molar-refractivity contribution in [2.45, 2.75) is 25.6 Å². The van der Waals surface area contributed by atoms with Gasteiger partial charge < -0.3 is 0 Å². The van der Waals surface area contributed by atoms with Crippen molar-refractivity contribution in [1.29, 1.82) is 0 Å². The Kier molecular flexibility index (Phi) is 4.62. The van der Waals surface area contributed by atoms with Crippen molar-refractivity contribution in [2.24, 2.45) is 5.92 Å². The molecule has 2 rings (SSSR count). The van der Waals surface area contributed by atoms with E-state index in [4.69, 9.17) is 0 Å². The third-order valence-electron chi connectivity index (χ3n) is 3.67. The zero-order chi connectivity index (χ0) is 16.5. The van der Waals surface area contributed by atoms with Crippen LogP contribution in [0.5, 0.6) is 0 Å². The summed E-state index contributed by atoms with van der Waals surface area (Å²) in [6.45, 7) is 0.945. The molecule has 0 saturated carbocycles. The topological polar surface area (TPSA) is 72.3 Å². The van der Waals surface area contributed by atoms with Crippen molar-refractivity contribution >= 4 is 10.0 Å². The molecule has 2 heterocycles. The molecule has 0 aliphatic carbocycles. The van der Waals surface area contributed by atoms with Crippen LogP contribution in [0, 0.1) is 5.92 Å². The van der Waals surface area contributed by atoms with Crippen molar-refractivity contribution < 1.29 is 21.6 Å². The second kappa shape index (κ2) is 5.99. The maximum absolute atomic E-state index is 12.4. The standard InChI is InChI=1S/C12H16F3N3O3S/c1-22(20,21)18-4-2-9(3-5-18)7-17-8-16-10(6-11(17)19)12(13,14)15/h6,8-9H,2-5,7H2,1H3. The van der Waals surface area contributed by atoms with Crippen LogP contribution in [0.3, 0.4) is 0 Å². The van der Waals surface area contributed by atoms with Gasteiger partial charge in [-0.3, -0.25) is 9.36 Å². The molecule has 1 aliphatic rings. The number of rotatable bonds is 3. The van der Waals surface area contributed by atoms with Crippen molar-refractivity contribution in [3.8, 4) is 0 Å². The Hall–Kier alpha value is -1.42. The molecule has 0 unspecified atom stereocenters. The number of nitrogens with zero attached hydrogens (tertiary/aromatic N) is 3. The molecule has 22 heavy (non-hydrogen) atoms. The van der Waals surface area contributed by atoms with E-state index in [1.165, 1.54) is 4.31 Å². The summed E-state index contributed by atoms with van der Waals surface area (Å²) in [5.41, 5.74) is -1.96. The molecule has 1 saturated heterocycles. The van der Waals surface area contributed by atoms with E-state index in [2.05, 4.69) is 4.98 Å². The van der Waals surface area contributed by atoms with Crippen LogP contribution in [0.15, 0.2) is 17.2 Å². The van der Waals surface area contributed by atoms with Crippen molar-refractivity contribution in [2.75, 3.05) is 19.3 Å². The predicted molar refractivity (Wildman–Crippen MR) is 72.6 cm³/mol. The quantitative estimate of drug-likeness (QED) is 0.821. The molecule has 0 amide bonds. The van der Waals surface area contributed by atoms with Gasteiger partial charge >= 0.3 is 6.18 Å². The first-order chi connectivity index (χ1) is 10.1. The Morgan fingerprint density at radius 2 is 1.91 bits per heavy atom. The van der Waals surface area contributed by atoms with Crippen LogP contribution in [0.1, 0.15) is 18.5 Å². The third-order valence-corrected chi connectivity index (χ3v) is 4.97. The third kappa shape index (κ3) is 4.07. The first-order valence-electron chi connectivity index (χ1n) is 6.66. The van der Waals surface area contributed by atoms with Gasteiger partial charge in [0.2, 0.25) is 10.0 Å². The van der Waals surface area contributed by atoms with Crippen LogP contribution >= 0.6 is 0 Å². The van der Waals surface area contributed by atoms with Crippen LogP contribution in [-0.2, 0) is 22.7 Å². The van der Waals surface area contributed by atoms with E-state index in [0.29, 0.717) is 32.0 Å². The monoisotopic (exact) mass is 339 g/mol. The lowest BCUT2D eigenvalue weighted by Crippen LogP contribution is -2.39. The molecular weight excluding hydrogens is 323 g/mol. The van der Waals surface area contributed by atoms with Crippen LogP contribution in [0.2, 0.25) is 0 Å². The zero-order valence-corrected chi connectivity index (χ0v) is 12.7. The molecule has 0 atom stereocenters. The van der Waals surface area contributed by atoms with E-state index < -0.39 is 27.5 Å². The highest BCUT2D eigenvalue weighted by Gasteiger charge is 2.33. The van der Waals surface area contributed by atoms with Crippen LogP contribution in [0.4, 0.5) is 13.2 Å². The summed E-state index contributed by atoms with van der Waals surface area (Å²) in [7, 11) is -3.22. The second-order valence-electron chi connectivity index (χ2n) is 5.37. The lowest BCUT2D eigenvalue weighted by atomic mass is 9.98. The molecule has 6 nitrogen and oxygen atoms in total. The van der Waals surface area contributed by atoms with Crippen LogP contribution in [0.25, 0.3) is 0 Å². The van der Waals surface area contributed by atoms with Gasteiger partial charge in [0, 0.05) is 25.7 Å². The molecule has 0 aromatic carbocycles. The van der Waals surface area contributed by atoms with Gasteiger partial charge in [-0.05, 0) is 18.8 Å². The van der Waals surface area contributed by atoms with Gasteiger partial charge in [-0.25, -0.2) is 17.7 Å². The molecule has 0 spiro atoms. The van der Waals surface area contributed by atoms with Crippen molar-refractivity contribution in [1.82, 2.24) is 13.9 Å². The van der Waals surface area contributed by atoms with Gasteiger partial charge in [-0.15, -0.1) is 0 Å². The molecular formula is C12H16F3N3O3S. The number of hydrogen-bond donors (Lipinski definition) is 0. The Labute approximate surface area is 125 Å². The van der Waals surface area contributed by atoms with Gasteiger partial charge in [-0.2, -0.15) is 13.2 Å². The number of sulfonamides is 1. The molecule has 1 aromatic rings. The highest BCUT2D eigenvalue weighted by atomic mass is 32.2. The Balaban J connectivity index is 2.03. The first-order valence-corrected chi connectivity index (χ1v) is 8.51. The number of piperidine rings is 1. The summed E-state index contributed by atoms with van der Waals surface area (Å²) in [6, 6.07) is 0.478. The summed E-state index contributed by atoms with van der Waals surface area (Å²) >= 11 is 0. The van der Waals surface area contributed by atoms with E-state index in [9.17, 15) is 26.4 Å². The largest absolute Gasteiger partial charge is 0.433 e. The number of aromatic nitrogens is 2. The van der Waals surface area contributed by atoms with Gasteiger partial charge in [0.05, 0.1) is 12.6 Å². The Bertz CT molecular complexity index is 692. The van der Waals surface area contributed by atoms with Gasteiger partial charge in [-0.1, -0.05) is 0 Å². The maximum atomic E-state index is 12.4. The lowest BCUT2D eigenvalue weighted by molar-refractivity contribution is -0.141. The average molecular weight is 339 g/mol. The fourth-order valence-corrected chi connectivity index (χ4v) is 3.29. The summed E-state index contributed by atoms with van der Waals surface area (Å²) in [5, 5.41) is 0. The molecule has 1 aromatic heterocycles. The minimum absolute atomic E-state index is 0.0363. The smallest absolute Gasteiger partial charge is 0.299 e. The SMILES string of the molecule is CS(=O)(=O)N1CCC(Cn2cnc(C(F)(F)F)cc2=O)CC1. The lowest BCUT2D eigenvalue weighted by Gasteiger charge is -2.30. The maximum Gasteiger partial charge on any atom is 0.433 e. The number of alkyl halides is 3. The van der Waals surface area contributed by atoms with E-state index in [-0.39, 0.29) is 12.5 Å². The van der Waals surface area contributed by atoms with Crippen LogP contribution in [-0.4, -0.2) is 41.6 Å². The normalized spacial score (nSPS) is 18.5. The van der Waals surface area contributed by atoms with E-state index >= 15 is 0 Å². The fraction of sp³-hybridized carbons (Fsp3) is 0.667. The highest BCUT2D eigenvalue weighted by molar-refractivity contribution is 7.88. The van der Waals surface area contributed by atoms with Crippen molar-refractivity contribution in [3.05, 3.63) is 28.4 Å². The van der Waals surface area contributed by atoms with Gasteiger partial charge in [0.25, 0.3) is 5.56 Å². The predicted octanol–water partition coefficient (Wildman–Crippen LogP) is 0.934. The first kappa shape index (κ1) is 16.9. The average Bonchev–Trinajstić information content (AvgIpc) is 2.39. The van der Waals surface area contributed by atoms with Crippen molar-refractivity contribution in [3.63, 3.8) is 0 Å². The summed E-state index contributed by atoms with van der Waals surface area (Å²) in [4.78, 5) is 15.0. The molecule has 10 heteroatoms. The van der Waals surface area contributed by atoms with E-state index in [0.717, 1.165) is 17.2 Å². The molecule has 0 radical (unpaired) electrons. The Morgan fingerprint density at radius 1 is 1.32 bits per heavy atom. The summed E-state index contributed by atoms with van der Waals surface area (Å²) < 4.78 is 62.6. The number of hydrogen-bond acceptors (Lipinski definition) is 4. The van der Waals surface area contributed by atoms with Gasteiger partial charge in [0.15, 0.2) is 5.69 Å². The second-order valence-corrected chi connectivity index (χ2v) is 7.35. The molecule has 1 fully saturated rings. The molecule has 124 valence electrons. The minimum atomic E-state index is -4.64. The minimum Gasteiger partial charge on any atom is -0.299 e. The number of halogens is 3. The zero-order valence-electron chi connectivity index (χ0n) is 11.9. The summed E-state index contributed by atoms with van der Waals surface area (Å²) in [6.07, 6.45) is -1.49. The molecule has 0 N–H and O–H groups in total. The molecule has 0 bridgehead atoms. The van der Waals surface area contributed by atoms with E-state index in [1.54, 1.807) is 0 Å². The molecule has 1 aliphatic heterocycles. The van der Waals surface area contributed by atoms with E-state index in [1.807, 2.05) is 0 Å². The van der Waals surface area contributed by atoms with Crippen LogP contribution < -0.4 is 5.56 Å². The Morgan fingerprint density at radius 3 is 2.36 bits per heavy atom. The summed E-state index contributed by atoms with van der Waals surface area (Å²) in [5.74, 6) is 0.0363. The fourth-order valence-electron chi connectivity index (χ4n) is 2.42. The highest BCUT2D eigenvalue weighted by Crippen LogP contribution is 2.26.